The average molecular weight is 392 g/mol. The van der Waals surface area contributed by atoms with Crippen LogP contribution < -0.4 is 5.32 Å². The van der Waals surface area contributed by atoms with Gasteiger partial charge < -0.3 is 10.2 Å². The largest absolute Gasteiger partial charge is 0.382 e. The van der Waals surface area contributed by atoms with Gasteiger partial charge in [0.25, 0.3) is 5.91 Å². The molecule has 0 radical (unpaired) electrons. The zero-order valence-electron chi connectivity index (χ0n) is 11.1. The van der Waals surface area contributed by atoms with E-state index in [0.29, 0.717) is 6.42 Å². The smallest absolute Gasteiger partial charge is 0.268 e. The third-order valence-electron chi connectivity index (χ3n) is 3.20. The molecule has 106 valence electrons. The molecule has 0 saturated heterocycles. The highest BCUT2D eigenvalue weighted by molar-refractivity contribution is 14.1. The van der Waals surface area contributed by atoms with Crippen molar-refractivity contribution in [2.45, 2.75) is 12.5 Å². The Bertz CT molecular complexity index is 686. The highest BCUT2D eigenvalue weighted by Gasteiger charge is 2.29. The van der Waals surface area contributed by atoms with Gasteiger partial charge in [-0.2, -0.15) is 0 Å². The predicted octanol–water partition coefficient (Wildman–Crippen LogP) is 3.42. The van der Waals surface area contributed by atoms with E-state index in [1.807, 2.05) is 54.6 Å². The summed E-state index contributed by atoms with van der Waals surface area (Å²) >= 11 is 2.19. The van der Waals surface area contributed by atoms with Crippen LogP contribution in [0.25, 0.3) is 0 Å². The number of carbonyl (C=O) groups is 1. The molecule has 0 spiro atoms. The van der Waals surface area contributed by atoms with Crippen LogP contribution >= 0.6 is 22.6 Å². The van der Waals surface area contributed by atoms with Crippen molar-refractivity contribution in [3.63, 3.8) is 0 Å². The lowest BCUT2D eigenvalue weighted by molar-refractivity contribution is -0.125. The van der Waals surface area contributed by atoms with Crippen molar-refractivity contribution >= 4 is 39.9 Å². The van der Waals surface area contributed by atoms with Gasteiger partial charge in [-0.1, -0.05) is 47.6 Å². The number of hydrogen-bond donors (Lipinski definition) is 1. The molecule has 2 aromatic rings. The predicted molar refractivity (Wildman–Crippen MR) is 90.3 cm³/mol. The molecule has 0 bridgehead atoms. The van der Waals surface area contributed by atoms with Crippen LogP contribution in [0, 0.1) is 3.57 Å². The lowest BCUT2D eigenvalue weighted by atomic mass is 10.0. The van der Waals surface area contributed by atoms with Gasteiger partial charge in [-0.05, 0) is 40.3 Å². The minimum atomic E-state index is -0.573. The van der Waals surface area contributed by atoms with Gasteiger partial charge in [0.1, 0.15) is 0 Å². The van der Waals surface area contributed by atoms with Gasteiger partial charge in [-0.15, -0.1) is 0 Å². The van der Waals surface area contributed by atoms with Gasteiger partial charge in [0.15, 0.2) is 0 Å². The van der Waals surface area contributed by atoms with E-state index in [1.165, 1.54) is 0 Å². The lowest BCUT2D eigenvalue weighted by Crippen LogP contribution is -2.28. The molecule has 0 aromatic heterocycles. The molecule has 1 unspecified atom stereocenters. The number of nitrogens with zero attached hydrogens (tertiary/aromatic N) is 1. The van der Waals surface area contributed by atoms with Crippen molar-refractivity contribution in [3.8, 4) is 0 Å². The van der Waals surface area contributed by atoms with Crippen molar-refractivity contribution in [1.82, 2.24) is 0 Å². The van der Waals surface area contributed by atoms with Gasteiger partial charge in [0.2, 0.25) is 6.10 Å². The summed E-state index contributed by atoms with van der Waals surface area (Å²) in [5.41, 5.74) is 2.58. The molecular weight excluding hydrogens is 379 g/mol. The Hall–Kier alpha value is -1.89. The van der Waals surface area contributed by atoms with Crippen molar-refractivity contribution in [1.29, 1.82) is 0 Å². The Balaban J connectivity index is 1.65. The topological polar surface area (TPSA) is 50.7 Å². The fourth-order valence-corrected chi connectivity index (χ4v) is 2.62. The highest BCUT2D eigenvalue weighted by atomic mass is 127. The normalized spacial score (nSPS) is 17.0. The second kappa shape index (κ2) is 6.26. The maximum Gasteiger partial charge on any atom is 0.268 e. The van der Waals surface area contributed by atoms with E-state index in [0.717, 1.165) is 20.5 Å². The summed E-state index contributed by atoms with van der Waals surface area (Å²) in [5.74, 6) is -0.172. The van der Waals surface area contributed by atoms with E-state index < -0.39 is 6.10 Å². The number of rotatable bonds is 3. The van der Waals surface area contributed by atoms with Gasteiger partial charge >= 0.3 is 0 Å². The number of anilines is 1. The van der Waals surface area contributed by atoms with Crippen molar-refractivity contribution in [2.75, 3.05) is 5.32 Å². The van der Waals surface area contributed by atoms with Crippen LogP contribution in [0.1, 0.15) is 12.0 Å². The summed E-state index contributed by atoms with van der Waals surface area (Å²) in [6.45, 7) is 0. The lowest BCUT2D eigenvalue weighted by Gasteiger charge is -2.10. The van der Waals surface area contributed by atoms with Gasteiger partial charge in [0.05, 0.1) is 11.4 Å². The third kappa shape index (κ3) is 3.24. The number of amides is 1. The van der Waals surface area contributed by atoms with Crippen LogP contribution in [-0.4, -0.2) is 17.7 Å². The average Bonchev–Trinajstić information content (AvgIpc) is 3.00. The Morgan fingerprint density at radius 1 is 1.14 bits per heavy atom. The van der Waals surface area contributed by atoms with Crippen LogP contribution in [0.2, 0.25) is 0 Å². The van der Waals surface area contributed by atoms with Gasteiger partial charge in [0, 0.05) is 9.99 Å². The number of para-hydroxylation sites is 1. The molecule has 0 aliphatic carbocycles. The number of nitrogens with one attached hydrogen (secondary N) is 1. The molecule has 1 aliphatic heterocycles. The summed E-state index contributed by atoms with van der Waals surface area (Å²) in [5, 5.41) is 6.91. The first-order valence-electron chi connectivity index (χ1n) is 6.57. The molecular formula is C16H13IN2O2. The first-order valence-corrected chi connectivity index (χ1v) is 7.65. The first-order chi connectivity index (χ1) is 10.2. The summed E-state index contributed by atoms with van der Waals surface area (Å²) in [7, 11) is 0. The first kappa shape index (κ1) is 14.1. The molecule has 4 nitrogen and oxygen atoms in total. The number of hydrogen-bond acceptors (Lipinski definition) is 3. The zero-order chi connectivity index (χ0) is 14.7. The van der Waals surface area contributed by atoms with E-state index in [2.05, 4.69) is 33.1 Å². The molecule has 1 amide bonds. The quantitative estimate of drug-likeness (QED) is 0.814. The van der Waals surface area contributed by atoms with Crippen LogP contribution in [0.3, 0.4) is 0 Å². The SMILES string of the molecule is O=C(Nc1ccccc1I)C1CC(c2ccccc2)=NO1. The van der Waals surface area contributed by atoms with Crippen LogP contribution in [0.5, 0.6) is 0 Å². The number of benzene rings is 2. The Morgan fingerprint density at radius 3 is 2.62 bits per heavy atom. The van der Waals surface area contributed by atoms with Crippen molar-refractivity contribution < 1.29 is 9.63 Å². The molecule has 1 atom stereocenters. The molecule has 0 fully saturated rings. The monoisotopic (exact) mass is 392 g/mol. The van der Waals surface area contributed by atoms with Crippen LogP contribution in [0.4, 0.5) is 5.69 Å². The number of halogens is 1. The molecule has 3 rings (SSSR count). The minimum absolute atomic E-state index is 0.172. The van der Waals surface area contributed by atoms with Crippen molar-refractivity contribution in [2.24, 2.45) is 5.16 Å². The van der Waals surface area contributed by atoms with Crippen LogP contribution in [0.15, 0.2) is 59.8 Å². The summed E-state index contributed by atoms with van der Waals surface area (Å²) in [6, 6.07) is 17.4. The Labute approximate surface area is 136 Å². The van der Waals surface area contributed by atoms with Crippen molar-refractivity contribution in [3.05, 3.63) is 63.7 Å². The summed E-state index contributed by atoms with van der Waals surface area (Å²) in [4.78, 5) is 17.5. The second-order valence-electron chi connectivity index (χ2n) is 4.67. The van der Waals surface area contributed by atoms with Crippen LogP contribution in [-0.2, 0) is 9.63 Å². The molecule has 2 aromatic carbocycles. The second-order valence-corrected chi connectivity index (χ2v) is 5.83. The molecule has 1 N–H and O–H groups in total. The molecule has 1 aliphatic rings. The molecule has 1 heterocycles. The van der Waals surface area contributed by atoms with E-state index in [9.17, 15) is 4.79 Å². The molecule has 21 heavy (non-hydrogen) atoms. The molecule has 0 saturated carbocycles. The third-order valence-corrected chi connectivity index (χ3v) is 4.14. The van der Waals surface area contributed by atoms with E-state index >= 15 is 0 Å². The summed E-state index contributed by atoms with van der Waals surface area (Å²) < 4.78 is 0.991. The Morgan fingerprint density at radius 2 is 1.86 bits per heavy atom. The molecule has 5 heteroatoms. The van der Waals surface area contributed by atoms with E-state index in [4.69, 9.17) is 4.84 Å². The minimum Gasteiger partial charge on any atom is -0.382 e. The van der Waals surface area contributed by atoms with Gasteiger partial charge in [-0.3, -0.25) is 4.79 Å². The zero-order valence-corrected chi connectivity index (χ0v) is 13.3. The van der Waals surface area contributed by atoms with Gasteiger partial charge in [-0.25, -0.2) is 0 Å². The fourth-order valence-electron chi connectivity index (χ4n) is 2.09. The Kier molecular flexibility index (Phi) is 4.19. The maximum absolute atomic E-state index is 12.2. The maximum atomic E-state index is 12.2. The highest BCUT2D eigenvalue weighted by Crippen LogP contribution is 2.21. The fraction of sp³-hybridized carbons (Fsp3) is 0.125. The summed E-state index contributed by atoms with van der Waals surface area (Å²) in [6.07, 6.45) is -0.0876. The number of carbonyl (C=O) groups excluding carboxylic acids is 1. The van der Waals surface area contributed by atoms with E-state index in [1.54, 1.807) is 0 Å². The standard InChI is InChI=1S/C16H13IN2O2/c17-12-8-4-5-9-13(12)18-16(20)15-10-14(19-21-15)11-6-2-1-3-7-11/h1-9,15H,10H2,(H,18,20). The van der Waals surface area contributed by atoms with E-state index in [-0.39, 0.29) is 5.91 Å². The number of oxime groups is 1.